The molecule has 1 heterocycles. The third kappa shape index (κ3) is 4.01. The van der Waals surface area contributed by atoms with Crippen LogP contribution in [0.3, 0.4) is 0 Å². The van der Waals surface area contributed by atoms with Gasteiger partial charge in [0.25, 0.3) is 5.91 Å². The Morgan fingerprint density at radius 1 is 1.39 bits per heavy atom. The number of hydrogen-bond acceptors (Lipinski definition) is 4. The number of anilines is 1. The average Bonchev–Trinajstić information content (AvgIpc) is 2.54. The molecule has 0 bridgehead atoms. The van der Waals surface area contributed by atoms with Crippen molar-refractivity contribution in [2.75, 3.05) is 18.5 Å². The van der Waals surface area contributed by atoms with Crippen molar-refractivity contribution < 1.29 is 19.4 Å². The molecule has 0 aromatic heterocycles. The van der Waals surface area contributed by atoms with Crippen LogP contribution in [0.15, 0.2) is 18.2 Å². The summed E-state index contributed by atoms with van der Waals surface area (Å²) in [5.74, 6) is 0.131. The van der Waals surface area contributed by atoms with Crippen molar-refractivity contribution in [1.29, 1.82) is 0 Å². The Kier molecular flexibility index (Phi) is 4.81. The lowest BCUT2D eigenvalue weighted by Crippen LogP contribution is -2.30. The van der Waals surface area contributed by atoms with E-state index in [1.165, 1.54) is 0 Å². The number of aliphatic carboxylic acids is 1. The van der Waals surface area contributed by atoms with Gasteiger partial charge in [0, 0.05) is 6.54 Å². The predicted octanol–water partition coefficient (Wildman–Crippen LogP) is 2.00. The molecule has 23 heavy (non-hydrogen) atoms. The second-order valence-electron chi connectivity index (χ2n) is 6.37. The molecule has 0 radical (unpaired) electrons. The van der Waals surface area contributed by atoms with Crippen LogP contribution < -0.4 is 15.4 Å². The molecule has 1 amide bonds. The molecule has 3 N–H and O–H groups in total. The molecule has 2 aliphatic rings. The average molecular weight is 318 g/mol. The molecule has 1 fully saturated rings. The number of rotatable bonds is 5. The fraction of sp³-hybridized carbons (Fsp3) is 0.529. The standard InChI is InChI=1S/C17H22N2O4/c20-16-10-23-15-5-4-12(7-14(15)19-16)9-18-8-11-2-1-3-13(6-11)17(21)22/h4-5,7,11,13,18H,1-3,6,8-10H2,(H,19,20)(H,21,22). The Balaban J connectivity index is 1.50. The molecular weight excluding hydrogens is 296 g/mol. The Morgan fingerprint density at radius 2 is 2.26 bits per heavy atom. The molecule has 2 atom stereocenters. The number of nitrogens with one attached hydrogen (secondary N) is 2. The molecule has 6 nitrogen and oxygen atoms in total. The van der Waals surface area contributed by atoms with E-state index in [1.54, 1.807) is 0 Å². The van der Waals surface area contributed by atoms with E-state index < -0.39 is 5.97 Å². The second kappa shape index (κ2) is 7.00. The van der Waals surface area contributed by atoms with Gasteiger partial charge < -0.3 is 20.5 Å². The number of amides is 1. The number of carboxylic acid groups (broad SMARTS) is 1. The second-order valence-corrected chi connectivity index (χ2v) is 6.37. The number of fused-ring (bicyclic) bond motifs is 1. The minimum Gasteiger partial charge on any atom is -0.482 e. The van der Waals surface area contributed by atoms with E-state index in [0.717, 1.165) is 37.8 Å². The first-order valence-electron chi connectivity index (χ1n) is 8.11. The third-order valence-electron chi connectivity index (χ3n) is 4.57. The van der Waals surface area contributed by atoms with E-state index >= 15 is 0 Å². The first kappa shape index (κ1) is 15.8. The number of benzene rings is 1. The van der Waals surface area contributed by atoms with Crippen molar-refractivity contribution in [3.63, 3.8) is 0 Å². The quantitative estimate of drug-likeness (QED) is 0.773. The normalized spacial score (nSPS) is 23.6. The smallest absolute Gasteiger partial charge is 0.306 e. The summed E-state index contributed by atoms with van der Waals surface area (Å²) in [4.78, 5) is 22.4. The summed E-state index contributed by atoms with van der Waals surface area (Å²) in [6.07, 6.45) is 3.64. The first-order chi connectivity index (χ1) is 11.1. The summed E-state index contributed by atoms with van der Waals surface area (Å²) >= 11 is 0. The van der Waals surface area contributed by atoms with Crippen LogP contribution in [0.4, 0.5) is 5.69 Å². The third-order valence-corrected chi connectivity index (χ3v) is 4.57. The highest BCUT2D eigenvalue weighted by Crippen LogP contribution is 2.30. The summed E-state index contributed by atoms with van der Waals surface area (Å²) in [6, 6.07) is 5.76. The fourth-order valence-electron chi connectivity index (χ4n) is 3.36. The summed E-state index contributed by atoms with van der Waals surface area (Å²) in [5.41, 5.74) is 1.78. The number of ether oxygens (including phenoxy) is 1. The van der Waals surface area contributed by atoms with Gasteiger partial charge in [0.15, 0.2) is 6.61 Å². The number of carboxylic acids is 1. The van der Waals surface area contributed by atoms with Gasteiger partial charge in [-0.25, -0.2) is 0 Å². The van der Waals surface area contributed by atoms with E-state index in [2.05, 4.69) is 10.6 Å². The van der Waals surface area contributed by atoms with E-state index in [-0.39, 0.29) is 18.4 Å². The van der Waals surface area contributed by atoms with Gasteiger partial charge in [-0.3, -0.25) is 9.59 Å². The molecule has 1 aliphatic heterocycles. The van der Waals surface area contributed by atoms with Crippen molar-refractivity contribution in [3.05, 3.63) is 23.8 Å². The topological polar surface area (TPSA) is 87.7 Å². The largest absolute Gasteiger partial charge is 0.482 e. The summed E-state index contributed by atoms with van der Waals surface area (Å²) in [6.45, 7) is 1.58. The summed E-state index contributed by atoms with van der Waals surface area (Å²) in [7, 11) is 0. The fourth-order valence-corrected chi connectivity index (χ4v) is 3.36. The Labute approximate surface area is 135 Å². The van der Waals surface area contributed by atoms with Crippen molar-refractivity contribution in [2.24, 2.45) is 11.8 Å². The highest BCUT2D eigenvalue weighted by atomic mass is 16.5. The van der Waals surface area contributed by atoms with Crippen molar-refractivity contribution in [3.8, 4) is 5.75 Å². The van der Waals surface area contributed by atoms with Gasteiger partial charge in [0.1, 0.15) is 5.75 Å². The monoisotopic (exact) mass is 318 g/mol. The van der Waals surface area contributed by atoms with Crippen LogP contribution in [0.2, 0.25) is 0 Å². The maximum Gasteiger partial charge on any atom is 0.306 e. The lowest BCUT2D eigenvalue weighted by molar-refractivity contribution is -0.143. The Bertz CT molecular complexity index is 602. The van der Waals surface area contributed by atoms with E-state index in [9.17, 15) is 9.59 Å². The number of carbonyl (C=O) groups is 2. The van der Waals surface area contributed by atoms with E-state index in [1.807, 2.05) is 18.2 Å². The Hall–Kier alpha value is -2.08. The van der Waals surface area contributed by atoms with Crippen molar-refractivity contribution in [1.82, 2.24) is 5.32 Å². The van der Waals surface area contributed by atoms with Gasteiger partial charge in [-0.05, 0) is 49.4 Å². The number of hydrogen-bond donors (Lipinski definition) is 3. The van der Waals surface area contributed by atoms with Crippen molar-refractivity contribution >= 4 is 17.6 Å². The van der Waals surface area contributed by atoms with Crippen LogP contribution in [0.5, 0.6) is 5.75 Å². The SMILES string of the molecule is O=C1COc2ccc(CNCC3CCCC(C(=O)O)C3)cc2N1. The molecule has 0 saturated heterocycles. The molecule has 1 aromatic carbocycles. The maximum absolute atomic E-state index is 11.3. The molecule has 1 aliphatic carbocycles. The van der Waals surface area contributed by atoms with Gasteiger partial charge >= 0.3 is 5.97 Å². The lowest BCUT2D eigenvalue weighted by atomic mass is 9.81. The molecule has 3 rings (SSSR count). The van der Waals surface area contributed by atoms with Crippen molar-refractivity contribution in [2.45, 2.75) is 32.2 Å². The molecule has 6 heteroatoms. The highest BCUT2D eigenvalue weighted by molar-refractivity contribution is 5.95. The summed E-state index contributed by atoms with van der Waals surface area (Å²) < 4.78 is 5.34. The van der Waals surface area contributed by atoms with Crippen LogP contribution in [0.1, 0.15) is 31.2 Å². The molecule has 1 aromatic rings. The molecule has 2 unspecified atom stereocenters. The van der Waals surface area contributed by atoms with Gasteiger partial charge in [-0.15, -0.1) is 0 Å². The first-order valence-corrected chi connectivity index (χ1v) is 8.11. The van der Waals surface area contributed by atoms with Gasteiger partial charge in [0.2, 0.25) is 0 Å². The van der Waals surface area contributed by atoms with Crippen LogP contribution in [-0.4, -0.2) is 30.1 Å². The van der Waals surface area contributed by atoms with E-state index in [0.29, 0.717) is 23.9 Å². The Morgan fingerprint density at radius 3 is 3.09 bits per heavy atom. The van der Waals surface area contributed by atoms with Crippen LogP contribution in [0.25, 0.3) is 0 Å². The predicted molar refractivity (Wildman–Crippen MR) is 85.4 cm³/mol. The highest BCUT2D eigenvalue weighted by Gasteiger charge is 2.26. The maximum atomic E-state index is 11.3. The van der Waals surface area contributed by atoms with Crippen LogP contribution in [0, 0.1) is 11.8 Å². The minimum absolute atomic E-state index is 0.0665. The zero-order chi connectivity index (χ0) is 16.2. The molecular formula is C17H22N2O4. The van der Waals surface area contributed by atoms with Gasteiger partial charge in [-0.1, -0.05) is 12.5 Å². The molecule has 0 spiro atoms. The minimum atomic E-state index is -0.667. The zero-order valence-electron chi connectivity index (χ0n) is 13.0. The van der Waals surface area contributed by atoms with E-state index in [4.69, 9.17) is 9.84 Å². The van der Waals surface area contributed by atoms with Crippen LogP contribution >= 0.6 is 0 Å². The van der Waals surface area contributed by atoms with Crippen LogP contribution in [-0.2, 0) is 16.1 Å². The number of carbonyl (C=O) groups excluding carboxylic acids is 1. The van der Waals surface area contributed by atoms with Gasteiger partial charge in [-0.2, -0.15) is 0 Å². The molecule has 1 saturated carbocycles. The lowest BCUT2D eigenvalue weighted by Gasteiger charge is -2.26. The molecule has 124 valence electrons. The zero-order valence-corrected chi connectivity index (χ0v) is 13.0. The summed E-state index contributed by atoms with van der Waals surface area (Å²) in [5, 5.41) is 15.3. The van der Waals surface area contributed by atoms with Gasteiger partial charge in [0.05, 0.1) is 11.6 Å².